The van der Waals surface area contributed by atoms with Crippen LogP contribution in [-0.2, 0) is 33.1 Å². The van der Waals surface area contributed by atoms with E-state index in [1.807, 2.05) is 0 Å². The number of benzene rings is 2. The second kappa shape index (κ2) is 11.0. The van der Waals surface area contributed by atoms with Crippen molar-refractivity contribution in [3.05, 3.63) is 64.9 Å². The maximum Gasteiger partial charge on any atom is 0.416 e. The summed E-state index contributed by atoms with van der Waals surface area (Å²) in [5.41, 5.74) is -1.09. The van der Waals surface area contributed by atoms with Crippen molar-refractivity contribution in [1.29, 1.82) is 0 Å². The van der Waals surface area contributed by atoms with Crippen LogP contribution in [0.2, 0.25) is 5.02 Å². The van der Waals surface area contributed by atoms with E-state index in [1.165, 1.54) is 12.1 Å². The lowest BCUT2D eigenvalue weighted by Gasteiger charge is -2.17. The van der Waals surface area contributed by atoms with Crippen LogP contribution in [0.3, 0.4) is 0 Å². The van der Waals surface area contributed by atoms with Gasteiger partial charge in [0, 0.05) is 6.54 Å². The summed E-state index contributed by atoms with van der Waals surface area (Å²) in [6.45, 7) is 3.88. The van der Waals surface area contributed by atoms with Crippen LogP contribution in [0.4, 0.5) is 18.9 Å². The van der Waals surface area contributed by atoms with Crippen LogP contribution in [-0.4, -0.2) is 34.3 Å². The number of nitrogens with zero attached hydrogens (tertiary/aromatic N) is 3. The van der Waals surface area contributed by atoms with Crippen molar-refractivity contribution in [3.63, 3.8) is 0 Å². The van der Waals surface area contributed by atoms with E-state index >= 15 is 0 Å². The summed E-state index contributed by atoms with van der Waals surface area (Å²) < 4.78 is 66.2. The molecule has 1 atom stereocenters. The zero-order valence-electron chi connectivity index (χ0n) is 18.7. The minimum Gasteiger partial charge on any atom is -0.324 e. The second-order valence-electron chi connectivity index (χ2n) is 7.41. The molecule has 0 aliphatic carbocycles. The normalized spacial score (nSPS) is 13.0. The van der Waals surface area contributed by atoms with Crippen molar-refractivity contribution in [2.24, 2.45) is 0 Å². The number of rotatable bonds is 9. The van der Waals surface area contributed by atoms with E-state index in [1.54, 1.807) is 36.6 Å². The SMILES string of the molecule is CCC(Sc1nnc(CS(=O)(=O)c2ccccc2)n1CC)C(=O)Nc1cc(C(F)(F)F)ccc1Cl. The van der Waals surface area contributed by atoms with Crippen molar-refractivity contribution in [1.82, 2.24) is 14.8 Å². The third-order valence-electron chi connectivity index (χ3n) is 4.99. The largest absolute Gasteiger partial charge is 0.416 e. The van der Waals surface area contributed by atoms with E-state index < -0.39 is 32.7 Å². The van der Waals surface area contributed by atoms with Gasteiger partial charge in [0.1, 0.15) is 11.6 Å². The first kappa shape index (κ1) is 27.0. The average molecular weight is 547 g/mol. The lowest BCUT2D eigenvalue weighted by atomic mass is 10.2. The van der Waals surface area contributed by atoms with Gasteiger partial charge in [0.2, 0.25) is 5.91 Å². The van der Waals surface area contributed by atoms with Gasteiger partial charge in [-0.3, -0.25) is 4.79 Å². The lowest BCUT2D eigenvalue weighted by molar-refractivity contribution is -0.137. The molecular weight excluding hydrogens is 525 g/mol. The number of alkyl halides is 3. The molecule has 7 nitrogen and oxygen atoms in total. The number of aromatic nitrogens is 3. The fraction of sp³-hybridized carbons (Fsp3) is 0.318. The molecule has 35 heavy (non-hydrogen) atoms. The van der Waals surface area contributed by atoms with Crippen LogP contribution in [0.1, 0.15) is 31.7 Å². The number of carbonyl (C=O) groups is 1. The molecule has 1 N–H and O–H groups in total. The van der Waals surface area contributed by atoms with E-state index in [9.17, 15) is 26.4 Å². The Morgan fingerprint density at radius 2 is 1.83 bits per heavy atom. The highest BCUT2D eigenvalue weighted by atomic mass is 35.5. The third-order valence-corrected chi connectivity index (χ3v) is 8.30. The molecule has 1 aromatic heterocycles. The number of sulfone groups is 1. The summed E-state index contributed by atoms with van der Waals surface area (Å²) in [4.78, 5) is 13.0. The summed E-state index contributed by atoms with van der Waals surface area (Å²) in [6.07, 6.45) is -4.27. The van der Waals surface area contributed by atoms with E-state index in [-0.39, 0.29) is 27.2 Å². The van der Waals surface area contributed by atoms with Gasteiger partial charge in [-0.2, -0.15) is 13.2 Å². The van der Waals surface area contributed by atoms with Crippen LogP contribution in [0.5, 0.6) is 0 Å². The number of thioether (sulfide) groups is 1. The first-order chi connectivity index (χ1) is 16.5. The van der Waals surface area contributed by atoms with E-state index in [2.05, 4.69) is 15.5 Å². The van der Waals surface area contributed by atoms with Crippen molar-refractivity contribution in [3.8, 4) is 0 Å². The standard InChI is InChI=1S/C22H22ClF3N4O3S2/c1-3-18(20(31)27-17-12-14(22(24,25)26)10-11-16(17)23)34-21-29-28-19(30(21)4-2)13-35(32,33)15-8-6-5-7-9-15/h5-12,18H,3-4,13H2,1-2H3,(H,27,31). The molecule has 3 aromatic rings. The van der Waals surface area contributed by atoms with Gasteiger partial charge in [0.15, 0.2) is 15.0 Å². The number of nitrogens with one attached hydrogen (secondary N) is 1. The topological polar surface area (TPSA) is 93.9 Å². The summed E-state index contributed by atoms with van der Waals surface area (Å²) in [6, 6.07) is 10.6. The van der Waals surface area contributed by atoms with Gasteiger partial charge >= 0.3 is 6.18 Å². The molecule has 0 aliphatic rings. The summed E-state index contributed by atoms with van der Waals surface area (Å²) in [7, 11) is -3.66. The van der Waals surface area contributed by atoms with Gasteiger partial charge < -0.3 is 9.88 Å². The Morgan fingerprint density at radius 1 is 1.14 bits per heavy atom. The number of carbonyl (C=O) groups excluding carboxylic acids is 1. The lowest BCUT2D eigenvalue weighted by Crippen LogP contribution is -2.25. The zero-order valence-corrected chi connectivity index (χ0v) is 21.1. The Labute approximate surface area is 210 Å². The highest BCUT2D eigenvalue weighted by Gasteiger charge is 2.31. The van der Waals surface area contributed by atoms with Crippen LogP contribution in [0.15, 0.2) is 58.6 Å². The molecule has 0 bridgehead atoms. The van der Waals surface area contributed by atoms with Gasteiger partial charge in [-0.1, -0.05) is 48.5 Å². The van der Waals surface area contributed by atoms with Crippen molar-refractivity contribution in [2.45, 2.75) is 54.0 Å². The van der Waals surface area contributed by atoms with Crippen LogP contribution >= 0.6 is 23.4 Å². The second-order valence-corrected chi connectivity index (χ2v) is 11.0. The minimum absolute atomic E-state index is 0.0312. The Hall–Kier alpha value is -2.57. The van der Waals surface area contributed by atoms with E-state index in [0.717, 1.165) is 30.0 Å². The summed E-state index contributed by atoms with van der Waals surface area (Å²) in [5.74, 6) is -0.723. The summed E-state index contributed by atoms with van der Waals surface area (Å²) >= 11 is 7.03. The molecule has 0 aliphatic heterocycles. The first-order valence-electron chi connectivity index (χ1n) is 10.5. The molecule has 2 aromatic carbocycles. The Kier molecular flexibility index (Phi) is 8.50. The maximum absolute atomic E-state index is 13.0. The molecule has 0 saturated heterocycles. The van der Waals surface area contributed by atoms with Crippen molar-refractivity contribution < 1.29 is 26.4 Å². The molecule has 0 fully saturated rings. The monoisotopic (exact) mass is 546 g/mol. The van der Waals surface area contributed by atoms with Gasteiger partial charge in [0.25, 0.3) is 0 Å². The van der Waals surface area contributed by atoms with Gasteiger partial charge in [0.05, 0.1) is 26.4 Å². The first-order valence-corrected chi connectivity index (χ1v) is 13.4. The summed E-state index contributed by atoms with van der Waals surface area (Å²) in [5, 5.41) is 10.1. The molecule has 1 heterocycles. The minimum atomic E-state index is -4.59. The van der Waals surface area contributed by atoms with Gasteiger partial charge in [-0.25, -0.2) is 8.42 Å². The Bertz CT molecular complexity index is 1300. The highest BCUT2D eigenvalue weighted by molar-refractivity contribution is 8.00. The molecule has 1 unspecified atom stereocenters. The molecule has 188 valence electrons. The van der Waals surface area contributed by atoms with Crippen LogP contribution in [0.25, 0.3) is 0 Å². The smallest absolute Gasteiger partial charge is 0.324 e. The molecule has 3 rings (SSSR count). The Balaban J connectivity index is 1.79. The number of halogens is 4. The molecule has 0 spiro atoms. The number of amides is 1. The highest BCUT2D eigenvalue weighted by Crippen LogP contribution is 2.34. The fourth-order valence-electron chi connectivity index (χ4n) is 3.17. The van der Waals surface area contributed by atoms with Crippen molar-refractivity contribution in [2.75, 3.05) is 5.32 Å². The molecule has 0 radical (unpaired) electrons. The maximum atomic E-state index is 13.0. The predicted octanol–water partition coefficient (Wildman–Crippen LogP) is 5.45. The van der Waals surface area contributed by atoms with Gasteiger partial charge in [-0.05, 0) is 43.7 Å². The van der Waals surface area contributed by atoms with Crippen LogP contribution < -0.4 is 5.32 Å². The molecular formula is C22H22ClF3N4O3S2. The van der Waals surface area contributed by atoms with E-state index in [4.69, 9.17) is 11.6 Å². The van der Waals surface area contributed by atoms with Crippen molar-refractivity contribution >= 4 is 44.8 Å². The van der Waals surface area contributed by atoms with Crippen LogP contribution in [0, 0.1) is 0 Å². The van der Waals surface area contributed by atoms with Gasteiger partial charge in [-0.15, -0.1) is 10.2 Å². The number of anilines is 1. The molecule has 1 amide bonds. The third kappa shape index (κ3) is 6.56. The molecule has 13 heteroatoms. The average Bonchev–Trinajstić information content (AvgIpc) is 3.18. The number of hydrogen-bond donors (Lipinski definition) is 1. The predicted molar refractivity (Wildman–Crippen MR) is 128 cm³/mol. The zero-order chi connectivity index (χ0) is 25.8. The van der Waals surface area contributed by atoms with E-state index in [0.29, 0.717) is 18.1 Å². The fourth-order valence-corrected chi connectivity index (χ4v) is 5.67. The quantitative estimate of drug-likeness (QED) is 0.358. The Morgan fingerprint density at radius 3 is 2.43 bits per heavy atom. The number of hydrogen-bond acceptors (Lipinski definition) is 6. The molecule has 0 saturated carbocycles.